The van der Waals surface area contributed by atoms with Crippen molar-refractivity contribution < 1.29 is 0 Å². The molecule has 0 radical (unpaired) electrons. The van der Waals surface area contributed by atoms with Gasteiger partial charge in [0.25, 0.3) is 0 Å². The molecule has 0 aliphatic rings. The highest BCUT2D eigenvalue weighted by Gasteiger charge is 1.93. The Bertz CT molecular complexity index is 186. The van der Waals surface area contributed by atoms with Gasteiger partial charge in [-0.2, -0.15) is 0 Å². The van der Waals surface area contributed by atoms with Crippen LogP contribution in [0.1, 0.15) is 103 Å². The maximum Gasteiger partial charge on any atom is 0.00276 e. The predicted molar refractivity (Wildman–Crippen MR) is 93.1 cm³/mol. The van der Waals surface area contributed by atoms with E-state index in [0.29, 0.717) is 0 Å². The molecule has 0 bridgehead atoms. The third-order valence-corrected chi connectivity index (χ3v) is 4.01. The van der Waals surface area contributed by atoms with Crippen LogP contribution in [-0.2, 0) is 0 Å². The Kier molecular flexibility index (Phi) is 18.1. The largest absolute Gasteiger partial charge is 0.394 e. The Labute approximate surface area is 128 Å². The zero-order valence-electron chi connectivity index (χ0n) is 14.3. The molecule has 1 heteroatoms. The lowest BCUT2D eigenvalue weighted by Gasteiger charge is -2.02. The van der Waals surface area contributed by atoms with Crippen molar-refractivity contribution in [3.63, 3.8) is 0 Å². The molecule has 0 aliphatic carbocycles. The third-order valence-electron chi connectivity index (χ3n) is 4.01. The zero-order chi connectivity index (χ0) is 14.7. The number of unbranched alkanes of at least 4 members (excludes halogenated alkanes) is 14. The van der Waals surface area contributed by atoms with Crippen LogP contribution < -0.4 is 5.32 Å². The molecule has 0 rings (SSSR count). The smallest absolute Gasteiger partial charge is 0.00276 e. The summed E-state index contributed by atoms with van der Waals surface area (Å²) in [5.74, 6) is 0. The molecular formula is C19H39N. The van der Waals surface area contributed by atoms with Gasteiger partial charge in [0.05, 0.1) is 0 Å². The van der Waals surface area contributed by atoms with E-state index < -0.39 is 0 Å². The molecule has 0 saturated carbocycles. The Hall–Kier alpha value is -0.460. The lowest BCUT2D eigenvalue weighted by molar-refractivity contribution is 0.536. The first-order valence-corrected chi connectivity index (χ1v) is 9.24. The number of rotatable bonds is 16. The van der Waals surface area contributed by atoms with E-state index in [4.69, 9.17) is 0 Å². The van der Waals surface area contributed by atoms with Crippen LogP contribution in [0, 0.1) is 0 Å². The fraction of sp³-hybridized carbons (Fsp3) is 0.895. The highest BCUT2D eigenvalue weighted by Crippen LogP contribution is 2.13. The molecule has 0 aromatic rings. The van der Waals surface area contributed by atoms with Crippen LogP contribution in [0.4, 0.5) is 0 Å². The maximum atomic E-state index is 3.04. The van der Waals surface area contributed by atoms with Crippen molar-refractivity contribution in [2.45, 2.75) is 103 Å². The summed E-state index contributed by atoms with van der Waals surface area (Å²) in [6.07, 6.45) is 25.7. The Morgan fingerprint density at radius 2 is 1.00 bits per heavy atom. The molecule has 0 aromatic heterocycles. The van der Waals surface area contributed by atoms with E-state index in [1.54, 1.807) is 0 Å². The van der Waals surface area contributed by atoms with Gasteiger partial charge in [-0.3, -0.25) is 0 Å². The molecule has 120 valence electrons. The number of allylic oxidation sites excluding steroid dienone is 1. The molecule has 0 amide bonds. The molecule has 1 N–H and O–H groups in total. The third kappa shape index (κ3) is 17.5. The second-order valence-corrected chi connectivity index (χ2v) is 6.08. The van der Waals surface area contributed by atoms with Gasteiger partial charge in [0.2, 0.25) is 0 Å². The number of nitrogens with one attached hydrogen (secondary N) is 1. The molecule has 0 aromatic carbocycles. The van der Waals surface area contributed by atoms with Gasteiger partial charge in [-0.25, -0.2) is 0 Å². The summed E-state index contributed by atoms with van der Waals surface area (Å²) in [4.78, 5) is 0. The number of hydrogen-bond acceptors (Lipinski definition) is 1. The fourth-order valence-electron chi connectivity index (χ4n) is 2.66. The van der Waals surface area contributed by atoms with Crippen molar-refractivity contribution in [1.29, 1.82) is 0 Å². The average molecular weight is 282 g/mol. The van der Waals surface area contributed by atoms with Crippen LogP contribution in [0.2, 0.25) is 0 Å². The topological polar surface area (TPSA) is 12.0 Å². The summed E-state index contributed by atoms with van der Waals surface area (Å²) in [6.45, 7) is 2.29. The van der Waals surface area contributed by atoms with E-state index in [1.807, 2.05) is 13.2 Å². The van der Waals surface area contributed by atoms with Crippen molar-refractivity contribution >= 4 is 0 Å². The predicted octanol–water partition coefficient (Wildman–Crippen LogP) is 6.59. The summed E-state index contributed by atoms with van der Waals surface area (Å²) >= 11 is 0. The number of hydrogen-bond donors (Lipinski definition) is 1. The van der Waals surface area contributed by atoms with Gasteiger partial charge in [0, 0.05) is 7.05 Å². The van der Waals surface area contributed by atoms with Crippen molar-refractivity contribution in [3.05, 3.63) is 12.3 Å². The molecule has 1 nitrogen and oxygen atoms in total. The van der Waals surface area contributed by atoms with Gasteiger partial charge in [-0.05, 0) is 19.0 Å². The highest BCUT2D eigenvalue weighted by molar-refractivity contribution is 4.77. The molecule has 0 atom stereocenters. The van der Waals surface area contributed by atoms with E-state index in [-0.39, 0.29) is 0 Å². The first-order valence-electron chi connectivity index (χ1n) is 9.24. The molecule has 0 heterocycles. The van der Waals surface area contributed by atoms with Gasteiger partial charge in [0.15, 0.2) is 0 Å². The van der Waals surface area contributed by atoms with Crippen LogP contribution in [0.15, 0.2) is 12.3 Å². The summed E-state index contributed by atoms with van der Waals surface area (Å²) in [5, 5.41) is 3.04. The minimum absolute atomic E-state index is 1.23. The zero-order valence-corrected chi connectivity index (χ0v) is 14.3. The van der Waals surface area contributed by atoms with E-state index >= 15 is 0 Å². The summed E-state index contributed by atoms with van der Waals surface area (Å²) in [5.41, 5.74) is 0. The van der Waals surface area contributed by atoms with Crippen molar-refractivity contribution in [1.82, 2.24) is 5.32 Å². The van der Waals surface area contributed by atoms with Crippen molar-refractivity contribution in [2.75, 3.05) is 7.05 Å². The minimum atomic E-state index is 1.23. The van der Waals surface area contributed by atoms with E-state index in [1.165, 1.54) is 96.3 Å². The van der Waals surface area contributed by atoms with Gasteiger partial charge >= 0.3 is 0 Å². The summed E-state index contributed by atoms with van der Waals surface area (Å²) in [6, 6.07) is 0. The Morgan fingerprint density at radius 3 is 1.40 bits per heavy atom. The summed E-state index contributed by atoms with van der Waals surface area (Å²) < 4.78 is 0. The summed E-state index contributed by atoms with van der Waals surface area (Å²) in [7, 11) is 1.96. The van der Waals surface area contributed by atoms with Gasteiger partial charge < -0.3 is 5.32 Å². The monoisotopic (exact) mass is 281 g/mol. The second-order valence-electron chi connectivity index (χ2n) is 6.08. The van der Waals surface area contributed by atoms with Crippen LogP contribution in [0.5, 0.6) is 0 Å². The van der Waals surface area contributed by atoms with Gasteiger partial charge in [-0.15, -0.1) is 0 Å². The maximum absolute atomic E-state index is 3.04. The standard InChI is InChI=1S/C19H39N/c1-3-4-5-6-7-8-9-10-11-12-13-14-15-16-17-18-19-20-2/h18-20H,3-17H2,1-2H3/b19-18+. The van der Waals surface area contributed by atoms with Crippen LogP contribution in [-0.4, -0.2) is 7.05 Å². The normalized spacial score (nSPS) is 11.3. The SMILES string of the molecule is CCCCCCCCCCCCCCCC/C=C/NC. The van der Waals surface area contributed by atoms with Crippen LogP contribution in [0.3, 0.4) is 0 Å². The average Bonchev–Trinajstić information content (AvgIpc) is 2.47. The Morgan fingerprint density at radius 1 is 0.600 bits per heavy atom. The molecule has 0 spiro atoms. The molecule has 0 fully saturated rings. The second kappa shape index (κ2) is 18.5. The first kappa shape index (κ1) is 19.5. The molecule has 0 unspecified atom stereocenters. The molecule has 0 saturated heterocycles. The highest BCUT2D eigenvalue weighted by atomic mass is 14.8. The first-order chi connectivity index (χ1) is 9.91. The lowest BCUT2D eigenvalue weighted by atomic mass is 10.0. The minimum Gasteiger partial charge on any atom is -0.394 e. The van der Waals surface area contributed by atoms with Crippen LogP contribution >= 0.6 is 0 Å². The lowest BCUT2D eigenvalue weighted by Crippen LogP contribution is -1.90. The van der Waals surface area contributed by atoms with Crippen molar-refractivity contribution in [2.24, 2.45) is 0 Å². The van der Waals surface area contributed by atoms with Gasteiger partial charge in [-0.1, -0.05) is 96.5 Å². The molecule has 0 aliphatic heterocycles. The van der Waals surface area contributed by atoms with E-state index in [0.717, 1.165) is 0 Å². The Balaban J connectivity index is 2.94. The van der Waals surface area contributed by atoms with Crippen molar-refractivity contribution in [3.8, 4) is 0 Å². The fourth-order valence-corrected chi connectivity index (χ4v) is 2.66. The molecule has 20 heavy (non-hydrogen) atoms. The van der Waals surface area contributed by atoms with Gasteiger partial charge in [0.1, 0.15) is 0 Å². The quantitative estimate of drug-likeness (QED) is 0.315. The molecular weight excluding hydrogens is 242 g/mol. The van der Waals surface area contributed by atoms with Crippen LogP contribution in [0.25, 0.3) is 0 Å². The van der Waals surface area contributed by atoms with E-state index in [2.05, 4.69) is 18.3 Å². The van der Waals surface area contributed by atoms with E-state index in [9.17, 15) is 0 Å².